The summed E-state index contributed by atoms with van der Waals surface area (Å²) >= 11 is 5.42. The lowest BCUT2D eigenvalue weighted by Crippen LogP contribution is -2.43. The summed E-state index contributed by atoms with van der Waals surface area (Å²) in [6.07, 6.45) is 6.61. The van der Waals surface area contributed by atoms with Crippen LogP contribution in [-0.4, -0.2) is 30.9 Å². The lowest BCUT2D eigenvalue weighted by atomic mass is 9.85. The zero-order valence-corrected chi connectivity index (χ0v) is 11.0. The monoisotopic (exact) mass is 261 g/mol. The van der Waals surface area contributed by atoms with Crippen LogP contribution < -0.4 is 5.32 Å². The van der Waals surface area contributed by atoms with Crippen molar-refractivity contribution in [1.82, 2.24) is 5.32 Å². The van der Waals surface area contributed by atoms with E-state index < -0.39 is 6.04 Å². The third-order valence-electron chi connectivity index (χ3n) is 3.24. The van der Waals surface area contributed by atoms with Crippen LogP contribution in [0, 0.1) is 5.92 Å². The Morgan fingerprint density at radius 3 is 2.53 bits per heavy atom. The number of esters is 1. The van der Waals surface area contributed by atoms with Crippen molar-refractivity contribution in [3.8, 4) is 0 Å². The number of ether oxygens (including phenoxy) is 1. The molecule has 0 unspecified atom stereocenters. The fourth-order valence-corrected chi connectivity index (χ4v) is 2.42. The molecule has 0 spiro atoms. The SMILES string of the molecule is COC(=O)[C@H](CC1CCCCC1)NC(=O)CCl. The van der Waals surface area contributed by atoms with E-state index in [1.807, 2.05) is 0 Å². The van der Waals surface area contributed by atoms with E-state index in [0.717, 1.165) is 12.8 Å². The van der Waals surface area contributed by atoms with Crippen molar-refractivity contribution in [1.29, 1.82) is 0 Å². The number of methoxy groups -OCH3 is 1. The lowest BCUT2D eigenvalue weighted by molar-refractivity contribution is -0.145. The molecule has 5 heteroatoms. The predicted molar refractivity (Wildman–Crippen MR) is 65.9 cm³/mol. The predicted octanol–water partition coefficient (Wildman–Crippen LogP) is 1.85. The normalized spacial score (nSPS) is 18.5. The molecular weight excluding hydrogens is 242 g/mol. The van der Waals surface area contributed by atoms with Crippen molar-refractivity contribution in [2.24, 2.45) is 5.92 Å². The van der Waals surface area contributed by atoms with Crippen LogP contribution in [-0.2, 0) is 14.3 Å². The number of hydrogen-bond donors (Lipinski definition) is 1. The van der Waals surface area contributed by atoms with Gasteiger partial charge in [-0.15, -0.1) is 11.6 Å². The molecular formula is C12H20ClNO3. The van der Waals surface area contributed by atoms with Gasteiger partial charge in [-0.2, -0.15) is 0 Å². The standard InChI is InChI=1S/C12H20ClNO3/c1-17-12(16)10(14-11(15)8-13)7-9-5-3-2-4-6-9/h9-10H,2-8H2,1H3,(H,14,15)/t10-/m0/s1. The zero-order chi connectivity index (χ0) is 12.7. The van der Waals surface area contributed by atoms with E-state index in [1.165, 1.54) is 26.4 Å². The molecule has 17 heavy (non-hydrogen) atoms. The van der Waals surface area contributed by atoms with Crippen molar-refractivity contribution >= 4 is 23.5 Å². The van der Waals surface area contributed by atoms with E-state index in [4.69, 9.17) is 16.3 Å². The maximum Gasteiger partial charge on any atom is 0.328 e. The molecule has 0 heterocycles. The van der Waals surface area contributed by atoms with Gasteiger partial charge in [-0.05, 0) is 12.3 Å². The number of carbonyl (C=O) groups excluding carboxylic acids is 2. The first-order chi connectivity index (χ1) is 8.17. The van der Waals surface area contributed by atoms with E-state index in [9.17, 15) is 9.59 Å². The minimum absolute atomic E-state index is 0.127. The summed E-state index contributed by atoms with van der Waals surface area (Å²) in [4.78, 5) is 22.8. The van der Waals surface area contributed by atoms with Crippen LogP contribution in [0.4, 0.5) is 0 Å². The van der Waals surface area contributed by atoms with Crippen LogP contribution in [0.15, 0.2) is 0 Å². The number of rotatable bonds is 5. The summed E-state index contributed by atoms with van der Waals surface area (Å²) in [5, 5.41) is 2.62. The molecule has 1 aliphatic rings. The van der Waals surface area contributed by atoms with Crippen LogP contribution in [0.3, 0.4) is 0 Å². The van der Waals surface area contributed by atoms with E-state index in [0.29, 0.717) is 12.3 Å². The maximum atomic E-state index is 11.6. The number of hydrogen-bond acceptors (Lipinski definition) is 3. The molecule has 1 aliphatic carbocycles. The van der Waals surface area contributed by atoms with E-state index in [2.05, 4.69) is 5.32 Å². The minimum Gasteiger partial charge on any atom is -0.467 e. The molecule has 0 aromatic heterocycles. The van der Waals surface area contributed by atoms with Gasteiger partial charge in [0, 0.05) is 0 Å². The van der Waals surface area contributed by atoms with Crippen molar-refractivity contribution < 1.29 is 14.3 Å². The first kappa shape index (κ1) is 14.3. The van der Waals surface area contributed by atoms with Gasteiger partial charge >= 0.3 is 5.97 Å². The third-order valence-corrected chi connectivity index (χ3v) is 3.48. The molecule has 0 aliphatic heterocycles. The third kappa shape index (κ3) is 4.94. The maximum absolute atomic E-state index is 11.6. The largest absolute Gasteiger partial charge is 0.467 e. The lowest BCUT2D eigenvalue weighted by Gasteiger charge is -2.25. The fraction of sp³-hybridized carbons (Fsp3) is 0.833. The van der Waals surface area contributed by atoms with Crippen molar-refractivity contribution in [3.63, 3.8) is 0 Å². The quantitative estimate of drug-likeness (QED) is 0.607. The number of nitrogens with one attached hydrogen (secondary N) is 1. The Morgan fingerprint density at radius 1 is 1.35 bits per heavy atom. The summed E-state index contributed by atoms with van der Waals surface area (Å²) in [6, 6.07) is -0.547. The van der Waals surface area contributed by atoms with Crippen LogP contribution in [0.5, 0.6) is 0 Å². The van der Waals surface area contributed by atoms with E-state index >= 15 is 0 Å². The molecule has 1 saturated carbocycles. The molecule has 1 N–H and O–H groups in total. The van der Waals surface area contributed by atoms with Crippen LogP contribution in [0.1, 0.15) is 38.5 Å². The Kier molecular flexibility index (Phi) is 6.34. The van der Waals surface area contributed by atoms with Crippen molar-refractivity contribution in [2.75, 3.05) is 13.0 Å². The second kappa shape index (κ2) is 7.54. The van der Waals surface area contributed by atoms with Gasteiger partial charge in [0.25, 0.3) is 0 Å². The highest BCUT2D eigenvalue weighted by molar-refractivity contribution is 6.27. The summed E-state index contributed by atoms with van der Waals surface area (Å²) in [5.41, 5.74) is 0. The van der Waals surface area contributed by atoms with Crippen LogP contribution >= 0.6 is 11.6 Å². The van der Waals surface area contributed by atoms with Gasteiger partial charge < -0.3 is 10.1 Å². The number of carbonyl (C=O) groups is 2. The second-order valence-electron chi connectivity index (χ2n) is 4.52. The molecule has 0 aromatic carbocycles. The first-order valence-electron chi connectivity index (χ1n) is 6.10. The molecule has 0 saturated heterocycles. The molecule has 1 fully saturated rings. The minimum atomic E-state index is -0.547. The number of alkyl halides is 1. The summed E-state index contributed by atoms with van der Waals surface area (Å²) in [5.74, 6) is -0.326. The highest BCUT2D eigenvalue weighted by Gasteiger charge is 2.26. The molecule has 1 atom stereocenters. The highest BCUT2D eigenvalue weighted by atomic mass is 35.5. The average molecular weight is 262 g/mol. The Balaban J connectivity index is 2.49. The Morgan fingerprint density at radius 2 is 2.00 bits per heavy atom. The van der Waals surface area contributed by atoms with Crippen LogP contribution in [0.25, 0.3) is 0 Å². The Labute approximate surface area is 107 Å². The highest BCUT2D eigenvalue weighted by Crippen LogP contribution is 2.27. The molecule has 0 aromatic rings. The fourth-order valence-electron chi connectivity index (χ4n) is 2.35. The Bertz CT molecular complexity index is 264. The smallest absolute Gasteiger partial charge is 0.328 e. The molecule has 98 valence electrons. The summed E-state index contributed by atoms with van der Waals surface area (Å²) in [7, 11) is 1.34. The number of halogens is 1. The topological polar surface area (TPSA) is 55.4 Å². The second-order valence-corrected chi connectivity index (χ2v) is 4.78. The van der Waals surface area contributed by atoms with Crippen molar-refractivity contribution in [3.05, 3.63) is 0 Å². The van der Waals surface area contributed by atoms with Gasteiger partial charge in [-0.3, -0.25) is 4.79 Å². The van der Waals surface area contributed by atoms with E-state index in [1.54, 1.807) is 0 Å². The Hall–Kier alpha value is -0.770. The van der Waals surface area contributed by atoms with Crippen LogP contribution in [0.2, 0.25) is 0 Å². The van der Waals surface area contributed by atoms with Gasteiger partial charge in [0.2, 0.25) is 5.91 Å². The first-order valence-corrected chi connectivity index (χ1v) is 6.64. The van der Waals surface area contributed by atoms with Gasteiger partial charge in [-0.25, -0.2) is 4.79 Å². The summed E-state index contributed by atoms with van der Waals surface area (Å²) < 4.78 is 4.70. The zero-order valence-electron chi connectivity index (χ0n) is 10.2. The summed E-state index contributed by atoms with van der Waals surface area (Å²) in [6.45, 7) is 0. The van der Waals surface area contributed by atoms with Gasteiger partial charge in [0.1, 0.15) is 11.9 Å². The molecule has 4 nitrogen and oxygen atoms in total. The average Bonchev–Trinajstić information content (AvgIpc) is 2.38. The van der Waals surface area contributed by atoms with E-state index in [-0.39, 0.29) is 17.8 Å². The molecule has 0 bridgehead atoms. The molecule has 1 rings (SSSR count). The van der Waals surface area contributed by atoms with Gasteiger partial charge in [0.05, 0.1) is 7.11 Å². The van der Waals surface area contributed by atoms with Gasteiger partial charge in [0.15, 0.2) is 0 Å². The molecule has 0 radical (unpaired) electrons. The van der Waals surface area contributed by atoms with Gasteiger partial charge in [-0.1, -0.05) is 32.1 Å². The molecule has 1 amide bonds. The van der Waals surface area contributed by atoms with Crippen molar-refractivity contribution in [2.45, 2.75) is 44.6 Å². The number of amides is 1.